The first kappa shape index (κ1) is 19.1. The molecule has 1 aromatic heterocycles. The number of nitrogens with zero attached hydrogens (tertiary/aromatic N) is 1. The van der Waals surface area contributed by atoms with Gasteiger partial charge in [0.1, 0.15) is 0 Å². The number of imidazole rings is 1. The molecule has 1 amide bonds. The Morgan fingerprint density at radius 2 is 2.05 bits per heavy atom. The SMILES string of the molecule is CNC(=S)[S-].COC(=O)Nc1nc2ccccc2[nH]1.[Na+]. The maximum atomic E-state index is 10.9. The largest absolute Gasteiger partial charge is 1.00 e. The zero-order valence-corrected chi connectivity index (χ0v) is 15.0. The number of methoxy groups -OCH3 is 1. The van der Waals surface area contributed by atoms with Crippen molar-refractivity contribution in [3.63, 3.8) is 0 Å². The summed E-state index contributed by atoms with van der Waals surface area (Å²) in [6.45, 7) is 0. The molecule has 0 saturated carbocycles. The Morgan fingerprint density at radius 1 is 1.45 bits per heavy atom. The number of hydrogen-bond acceptors (Lipinski definition) is 5. The molecule has 0 atom stereocenters. The van der Waals surface area contributed by atoms with Crippen molar-refractivity contribution in [3.8, 4) is 0 Å². The Morgan fingerprint density at radius 3 is 2.55 bits per heavy atom. The summed E-state index contributed by atoms with van der Waals surface area (Å²) in [4.78, 5) is 17.9. The summed E-state index contributed by atoms with van der Waals surface area (Å²) in [5.74, 6) is 0.387. The molecular weight excluding hydrogens is 307 g/mol. The number of para-hydroxylation sites is 2. The Kier molecular flexibility index (Phi) is 9.43. The van der Waals surface area contributed by atoms with E-state index >= 15 is 0 Å². The van der Waals surface area contributed by atoms with E-state index in [9.17, 15) is 4.79 Å². The number of aromatic nitrogens is 2. The Hall–Kier alpha value is -0.930. The van der Waals surface area contributed by atoms with Gasteiger partial charge in [-0.1, -0.05) is 16.5 Å². The number of H-pyrrole nitrogens is 1. The number of hydrogen-bond donors (Lipinski definition) is 3. The molecule has 0 aliphatic carbocycles. The van der Waals surface area contributed by atoms with Gasteiger partial charge in [0, 0.05) is 7.05 Å². The van der Waals surface area contributed by atoms with Crippen LogP contribution in [-0.2, 0) is 17.4 Å². The number of amides is 1. The average molecular weight is 320 g/mol. The van der Waals surface area contributed by atoms with E-state index in [1.54, 1.807) is 7.05 Å². The third kappa shape index (κ3) is 6.49. The third-order valence-electron chi connectivity index (χ3n) is 2.00. The van der Waals surface area contributed by atoms with Gasteiger partial charge in [-0.3, -0.25) is 5.32 Å². The normalized spacial score (nSPS) is 8.70. The van der Waals surface area contributed by atoms with E-state index < -0.39 is 6.09 Å². The predicted molar refractivity (Wildman–Crippen MR) is 81.1 cm³/mol. The van der Waals surface area contributed by atoms with Crippen molar-refractivity contribution in [3.05, 3.63) is 24.3 Å². The monoisotopic (exact) mass is 320 g/mol. The second kappa shape index (κ2) is 9.89. The molecule has 20 heavy (non-hydrogen) atoms. The molecule has 1 heterocycles. The van der Waals surface area contributed by atoms with Crippen LogP contribution in [-0.4, -0.2) is 34.5 Å². The van der Waals surface area contributed by atoms with Gasteiger partial charge in [-0.05, 0) is 12.1 Å². The van der Waals surface area contributed by atoms with Crippen LogP contribution in [0.2, 0.25) is 0 Å². The first-order chi connectivity index (χ1) is 9.06. The van der Waals surface area contributed by atoms with Gasteiger partial charge in [-0.2, -0.15) is 0 Å². The summed E-state index contributed by atoms with van der Waals surface area (Å²) in [6.07, 6.45) is -0.538. The topological polar surface area (TPSA) is 79.0 Å². The number of benzene rings is 1. The second-order valence-corrected chi connectivity index (χ2v) is 4.33. The first-order valence-corrected chi connectivity index (χ1v) is 6.07. The molecule has 9 heteroatoms. The summed E-state index contributed by atoms with van der Waals surface area (Å²) in [7, 11) is 3.01. The molecule has 102 valence electrons. The zero-order valence-electron chi connectivity index (χ0n) is 11.4. The molecule has 3 N–H and O–H groups in total. The number of aromatic amines is 1. The number of thiocarbonyl (C=S) groups is 1. The fraction of sp³-hybridized carbons (Fsp3) is 0.182. The molecule has 2 rings (SSSR count). The molecule has 0 aliphatic heterocycles. The molecule has 0 unspecified atom stereocenters. The van der Waals surface area contributed by atoms with E-state index in [0.29, 0.717) is 10.3 Å². The smallest absolute Gasteiger partial charge is 0.453 e. The van der Waals surface area contributed by atoms with Crippen molar-refractivity contribution in [2.75, 3.05) is 19.5 Å². The molecule has 0 bridgehead atoms. The van der Waals surface area contributed by atoms with E-state index in [1.807, 2.05) is 24.3 Å². The average Bonchev–Trinajstić information content (AvgIpc) is 2.81. The fourth-order valence-electron chi connectivity index (χ4n) is 1.16. The van der Waals surface area contributed by atoms with Gasteiger partial charge < -0.3 is 39.9 Å². The van der Waals surface area contributed by atoms with Crippen LogP contribution in [0.3, 0.4) is 0 Å². The number of rotatable bonds is 1. The van der Waals surface area contributed by atoms with Crippen molar-refractivity contribution in [2.45, 2.75) is 0 Å². The minimum atomic E-state index is -0.538. The number of fused-ring (bicyclic) bond motifs is 1. The van der Waals surface area contributed by atoms with Crippen molar-refractivity contribution in [2.24, 2.45) is 0 Å². The van der Waals surface area contributed by atoms with Crippen LogP contribution in [0.1, 0.15) is 0 Å². The van der Waals surface area contributed by atoms with Gasteiger partial charge in [0.05, 0.1) is 18.1 Å². The van der Waals surface area contributed by atoms with Crippen LogP contribution in [0, 0.1) is 0 Å². The Bertz CT molecular complexity index is 543. The van der Waals surface area contributed by atoms with Crippen LogP contribution in [0.4, 0.5) is 10.7 Å². The standard InChI is InChI=1S/C9H9N3O2.C2H5NS2.Na/c1-14-9(13)12-8-10-6-4-2-3-5-7(6)11-8;1-3-2(4)5;/h2-5H,1H3,(H2,10,11,12,13);1H3,(H2,3,4,5);/q;;+1/p-1. The summed E-state index contributed by atoms with van der Waals surface area (Å²) in [6, 6.07) is 7.51. The minimum absolute atomic E-state index is 0. The Labute approximate surface area is 149 Å². The van der Waals surface area contributed by atoms with Gasteiger partial charge in [-0.25, -0.2) is 9.78 Å². The number of ether oxygens (including phenoxy) is 1. The van der Waals surface area contributed by atoms with E-state index in [1.165, 1.54) is 7.11 Å². The first-order valence-electron chi connectivity index (χ1n) is 5.25. The maximum absolute atomic E-state index is 10.9. The molecule has 0 spiro atoms. The molecule has 2 aromatic rings. The fourth-order valence-corrected chi connectivity index (χ4v) is 1.16. The molecule has 0 saturated heterocycles. The number of nitrogens with one attached hydrogen (secondary N) is 3. The second-order valence-electron chi connectivity index (χ2n) is 3.26. The van der Waals surface area contributed by atoms with Crippen LogP contribution >= 0.6 is 12.2 Å². The van der Waals surface area contributed by atoms with Crippen molar-refractivity contribution in [1.82, 2.24) is 15.3 Å². The van der Waals surface area contributed by atoms with Gasteiger partial charge >= 0.3 is 35.7 Å². The van der Waals surface area contributed by atoms with E-state index in [-0.39, 0.29) is 29.6 Å². The molecule has 1 aromatic carbocycles. The summed E-state index contributed by atoms with van der Waals surface area (Å²) >= 11 is 8.80. The summed E-state index contributed by atoms with van der Waals surface area (Å²) in [5, 5.41) is 5.03. The van der Waals surface area contributed by atoms with Crippen molar-refractivity contribution >= 4 is 52.2 Å². The predicted octanol–water partition coefficient (Wildman–Crippen LogP) is -1.22. The van der Waals surface area contributed by atoms with Crippen LogP contribution < -0.4 is 40.2 Å². The number of carbonyl (C=O) groups is 1. The van der Waals surface area contributed by atoms with Crippen LogP contribution in [0.15, 0.2) is 24.3 Å². The van der Waals surface area contributed by atoms with Gasteiger partial charge in [0.2, 0.25) is 5.95 Å². The maximum Gasteiger partial charge on any atom is 1.00 e. The third-order valence-corrected chi connectivity index (χ3v) is 2.41. The van der Waals surface area contributed by atoms with Crippen LogP contribution in [0.25, 0.3) is 11.0 Å². The zero-order chi connectivity index (χ0) is 14.3. The van der Waals surface area contributed by atoms with Crippen molar-refractivity contribution < 1.29 is 39.1 Å². The summed E-state index contributed by atoms with van der Waals surface area (Å²) < 4.78 is 4.86. The van der Waals surface area contributed by atoms with E-state index in [4.69, 9.17) is 0 Å². The molecule has 0 fully saturated rings. The quantitative estimate of drug-likeness (QED) is 0.347. The minimum Gasteiger partial charge on any atom is -0.453 e. The molecule has 0 radical (unpaired) electrons. The molecule has 6 nitrogen and oxygen atoms in total. The van der Waals surface area contributed by atoms with Gasteiger partial charge in [0.15, 0.2) is 0 Å². The molecule has 0 aliphatic rings. The molecular formula is C11H13N4NaO2S2. The summed E-state index contributed by atoms with van der Waals surface area (Å²) in [5.41, 5.74) is 1.68. The van der Waals surface area contributed by atoms with Crippen molar-refractivity contribution in [1.29, 1.82) is 0 Å². The number of carbonyl (C=O) groups excluding carboxylic acids is 1. The Balaban J connectivity index is 0.000000526. The van der Waals surface area contributed by atoms with E-state index in [2.05, 4.69) is 50.2 Å². The van der Waals surface area contributed by atoms with E-state index in [0.717, 1.165) is 11.0 Å². The van der Waals surface area contributed by atoms with Crippen LogP contribution in [0.5, 0.6) is 0 Å². The number of anilines is 1. The van der Waals surface area contributed by atoms with Gasteiger partial charge in [-0.15, -0.1) is 0 Å². The van der Waals surface area contributed by atoms with Gasteiger partial charge in [0.25, 0.3) is 0 Å².